The largest absolute Gasteiger partial charge is 0.478 e. The molecule has 0 saturated heterocycles. The fraction of sp³-hybridized carbons (Fsp3) is 0.125. The first-order chi connectivity index (χ1) is 9.99. The van der Waals surface area contributed by atoms with Gasteiger partial charge in [0.05, 0.1) is 5.56 Å². The highest BCUT2D eigenvalue weighted by atomic mass is 16.4. The molecule has 0 aromatic heterocycles. The Morgan fingerprint density at radius 2 is 1.76 bits per heavy atom. The minimum Gasteiger partial charge on any atom is -0.478 e. The van der Waals surface area contributed by atoms with Crippen molar-refractivity contribution in [1.82, 2.24) is 0 Å². The second-order valence-electron chi connectivity index (χ2n) is 4.64. The highest BCUT2D eigenvalue weighted by Gasteiger charge is 2.18. The second kappa shape index (κ2) is 6.19. The molecule has 0 bridgehead atoms. The van der Waals surface area contributed by atoms with Gasteiger partial charge in [-0.1, -0.05) is 36.4 Å². The first-order valence-electron chi connectivity index (χ1n) is 6.37. The molecule has 0 aliphatic heterocycles. The number of carbonyl (C=O) groups is 2. The number of carboxylic acid groups (broad SMARTS) is 1. The molecule has 1 amide bonds. The fourth-order valence-electron chi connectivity index (χ4n) is 1.88. The summed E-state index contributed by atoms with van der Waals surface area (Å²) in [6, 6.07) is 13.0. The summed E-state index contributed by atoms with van der Waals surface area (Å²) in [5, 5.41) is 21.5. The van der Waals surface area contributed by atoms with Gasteiger partial charge in [0.25, 0.3) is 5.91 Å². The molecule has 3 N–H and O–H groups in total. The number of aromatic carboxylic acids is 1. The zero-order valence-electron chi connectivity index (χ0n) is 11.4. The maximum Gasteiger partial charge on any atom is 0.335 e. The minimum atomic E-state index is -1.31. The van der Waals surface area contributed by atoms with Crippen LogP contribution in [0, 0.1) is 6.92 Å². The number of carbonyl (C=O) groups excluding carboxylic acids is 1. The van der Waals surface area contributed by atoms with Crippen LogP contribution >= 0.6 is 0 Å². The average molecular weight is 285 g/mol. The first-order valence-corrected chi connectivity index (χ1v) is 6.37. The van der Waals surface area contributed by atoms with E-state index in [0.29, 0.717) is 16.8 Å². The molecule has 2 aromatic rings. The summed E-state index contributed by atoms with van der Waals surface area (Å²) in [4.78, 5) is 23.0. The molecular formula is C16H15NO4. The van der Waals surface area contributed by atoms with E-state index in [0.717, 1.165) is 0 Å². The van der Waals surface area contributed by atoms with Crippen molar-refractivity contribution in [1.29, 1.82) is 0 Å². The number of aliphatic hydroxyl groups excluding tert-OH is 1. The molecule has 0 aliphatic carbocycles. The monoisotopic (exact) mass is 285 g/mol. The van der Waals surface area contributed by atoms with Gasteiger partial charge in [-0.3, -0.25) is 4.79 Å². The Morgan fingerprint density at radius 3 is 2.38 bits per heavy atom. The number of amides is 1. The molecule has 0 spiro atoms. The second-order valence-corrected chi connectivity index (χ2v) is 4.64. The molecule has 1 atom stereocenters. The Morgan fingerprint density at radius 1 is 1.10 bits per heavy atom. The van der Waals surface area contributed by atoms with Crippen molar-refractivity contribution in [2.45, 2.75) is 13.0 Å². The Balaban J connectivity index is 2.20. The van der Waals surface area contributed by atoms with E-state index < -0.39 is 18.0 Å². The van der Waals surface area contributed by atoms with Crippen LogP contribution in [0.3, 0.4) is 0 Å². The number of nitrogens with one attached hydrogen (secondary N) is 1. The van der Waals surface area contributed by atoms with Crippen molar-refractivity contribution in [2.75, 3.05) is 5.32 Å². The van der Waals surface area contributed by atoms with Gasteiger partial charge in [0.1, 0.15) is 0 Å². The van der Waals surface area contributed by atoms with Gasteiger partial charge in [-0.25, -0.2) is 4.79 Å². The van der Waals surface area contributed by atoms with Crippen LogP contribution in [0.4, 0.5) is 5.69 Å². The molecule has 0 fully saturated rings. The lowest BCUT2D eigenvalue weighted by Gasteiger charge is -2.13. The first kappa shape index (κ1) is 14.7. The maximum atomic E-state index is 12.0. The van der Waals surface area contributed by atoms with Crippen LogP contribution in [0.5, 0.6) is 0 Å². The third-order valence-corrected chi connectivity index (χ3v) is 3.11. The van der Waals surface area contributed by atoms with Gasteiger partial charge >= 0.3 is 5.97 Å². The van der Waals surface area contributed by atoms with Gasteiger partial charge in [-0.15, -0.1) is 0 Å². The van der Waals surface area contributed by atoms with E-state index in [1.807, 2.05) is 0 Å². The summed E-state index contributed by atoms with van der Waals surface area (Å²) in [6.07, 6.45) is -1.31. The summed E-state index contributed by atoms with van der Waals surface area (Å²) in [5.74, 6) is -1.68. The van der Waals surface area contributed by atoms with Gasteiger partial charge < -0.3 is 15.5 Å². The number of rotatable bonds is 4. The zero-order chi connectivity index (χ0) is 15.4. The lowest BCUT2D eigenvalue weighted by molar-refractivity contribution is -0.124. The molecule has 0 saturated carbocycles. The number of hydrogen-bond donors (Lipinski definition) is 3. The van der Waals surface area contributed by atoms with E-state index in [-0.39, 0.29) is 5.56 Å². The molecule has 108 valence electrons. The quantitative estimate of drug-likeness (QED) is 0.805. The van der Waals surface area contributed by atoms with Gasteiger partial charge in [-0.05, 0) is 30.2 Å². The zero-order valence-corrected chi connectivity index (χ0v) is 11.4. The van der Waals surface area contributed by atoms with Crippen LogP contribution in [0.2, 0.25) is 0 Å². The third kappa shape index (κ3) is 3.46. The highest BCUT2D eigenvalue weighted by molar-refractivity contribution is 5.97. The SMILES string of the molecule is Cc1ccc(C(=O)O)cc1NC(=O)C(O)c1ccccc1. The standard InChI is InChI=1S/C16H15NO4/c1-10-7-8-12(16(20)21)9-13(10)17-15(19)14(18)11-5-3-2-4-6-11/h2-9,14,18H,1H3,(H,17,19)(H,20,21). The molecule has 1 unspecified atom stereocenters. The van der Waals surface area contributed by atoms with Crippen molar-refractivity contribution >= 4 is 17.6 Å². The summed E-state index contributed by atoms with van der Waals surface area (Å²) in [5.41, 5.74) is 1.63. The van der Waals surface area contributed by atoms with E-state index in [4.69, 9.17) is 5.11 Å². The molecule has 2 aromatic carbocycles. The van der Waals surface area contributed by atoms with E-state index in [1.165, 1.54) is 12.1 Å². The summed E-state index contributed by atoms with van der Waals surface area (Å²) in [6.45, 7) is 1.75. The number of carboxylic acids is 1. The molecular weight excluding hydrogens is 270 g/mol. The molecule has 5 nitrogen and oxygen atoms in total. The molecule has 21 heavy (non-hydrogen) atoms. The van der Waals surface area contributed by atoms with E-state index >= 15 is 0 Å². The number of anilines is 1. The molecule has 2 rings (SSSR count). The number of aliphatic hydroxyl groups is 1. The van der Waals surface area contributed by atoms with Crippen LogP contribution in [0.25, 0.3) is 0 Å². The highest BCUT2D eigenvalue weighted by Crippen LogP contribution is 2.20. The Labute approximate surface area is 121 Å². The lowest BCUT2D eigenvalue weighted by Crippen LogP contribution is -2.21. The maximum absolute atomic E-state index is 12.0. The third-order valence-electron chi connectivity index (χ3n) is 3.11. The lowest BCUT2D eigenvalue weighted by atomic mass is 10.1. The topological polar surface area (TPSA) is 86.6 Å². The predicted molar refractivity (Wildman–Crippen MR) is 78.2 cm³/mol. The van der Waals surface area contributed by atoms with Crippen molar-refractivity contribution in [3.63, 3.8) is 0 Å². The minimum absolute atomic E-state index is 0.0742. The summed E-state index contributed by atoms with van der Waals surface area (Å²) < 4.78 is 0. The van der Waals surface area contributed by atoms with Crippen LogP contribution in [0.1, 0.15) is 27.6 Å². The molecule has 5 heteroatoms. The Hall–Kier alpha value is -2.66. The Kier molecular flexibility index (Phi) is 4.35. The van der Waals surface area contributed by atoms with E-state index in [1.54, 1.807) is 43.3 Å². The number of hydrogen-bond acceptors (Lipinski definition) is 3. The molecule has 0 aliphatic rings. The summed E-state index contributed by atoms with van der Waals surface area (Å²) >= 11 is 0. The van der Waals surface area contributed by atoms with E-state index in [9.17, 15) is 14.7 Å². The van der Waals surface area contributed by atoms with Gasteiger partial charge in [0.2, 0.25) is 0 Å². The fourth-order valence-corrected chi connectivity index (χ4v) is 1.88. The van der Waals surface area contributed by atoms with Crippen molar-refractivity contribution in [3.05, 3.63) is 65.2 Å². The Bertz CT molecular complexity index is 667. The van der Waals surface area contributed by atoms with E-state index in [2.05, 4.69) is 5.32 Å². The number of aryl methyl sites for hydroxylation is 1. The predicted octanol–water partition coefficient (Wildman–Crippen LogP) is 2.37. The average Bonchev–Trinajstić information content (AvgIpc) is 2.49. The van der Waals surface area contributed by atoms with Gasteiger partial charge in [0.15, 0.2) is 6.10 Å². The van der Waals surface area contributed by atoms with Crippen LogP contribution in [-0.4, -0.2) is 22.1 Å². The summed E-state index contributed by atoms with van der Waals surface area (Å²) in [7, 11) is 0. The van der Waals surface area contributed by atoms with Crippen molar-refractivity contribution in [3.8, 4) is 0 Å². The van der Waals surface area contributed by atoms with Crippen molar-refractivity contribution in [2.24, 2.45) is 0 Å². The smallest absolute Gasteiger partial charge is 0.335 e. The van der Waals surface area contributed by atoms with Gasteiger partial charge in [0, 0.05) is 5.69 Å². The van der Waals surface area contributed by atoms with Crippen LogP contribution < -0.4 is 5.32 Å². The molecule has 0 radical (unpaired) electrons. The normalized spacial score (nSPS) is 11.7. The molecule has 0 heterocycles. The van der Waals surface area contributed by atoms with Crippen LogP contribution in [-0.2, 0) is 4.79 Å². The van der Waals surface area contributed by atoms with Gasteiger partial charge in [-0.2, -0.15) is 0 Å². The van der Waals surface area contributed by atoms with Crippen molar-refractivity contribution < 1.29 is 19.8 Å². The van der Waals surface area contributed by atoms with Crippen LogP contribution in [0.15, 0.2) is 48.5 Å². The number of benzene rings is 2.